The van der Waals surface area contributed by atoms with Gasteiger partial charge in [-0.25, -0.2) is 0 Å². The number of carboxylic acids is 1. The van der Waals surface area contributed by atoms with Gasteiger partial charge >= 0.3 is 5.97 Å². The van der Waals surface area contributed by atoms with Crippen molar-refractivity contribution in [3.05, 3.63) is 59.7 Å². The van der Waals surface area contributed by atoms with Crippen molar-refractivity contribution in [3.63, 3.8) is 0 Å². The van der Waals surface area contributed by atoms with Crippen molar-refractivity contribution in [1.29, 1.82) is 0 Å². The first-order valence-corrected chi connectivity index (χ1v) is 15.3. The van der Waals surface area contributed by atoms with Crippen LogP contribution in [0.2, 0.25) is 0 Å². The van der Waals surface area contributed by atoms with Crippen molar-refractivity contribution in [2.24, 2.45) is 5.92 Å². The van der Waals surface area contributed by atoms with Crippen molar-refractivity contribution in [3.8, 4) is 5.75 Å². The van der Waals surface area contributed by atoms with Crippen LogP contribution >= 0.6 is 0 Å². The van der Waals surface area contributed by atoms with Gasteiger partial charge in [0.05, 0.1) is 5.92 Å². The van der Waals surface area contributed by atoms with Gasteiger partial charge in [-0.1, -0.05) is 31.5 Å². The fraction of sp³-hybridized carbons (Fsp3) is 0.515. The molecule has 3 amide bonds. The Hall–Kier alpha value is -3.88. The summed E-state index contributed by atoms with van der Waals surface area (Å²) < 4.78 is 6.14. The molecule has 1 N–H and O–H groups in total. The Balaban J connectivity index is 1.17. The number of rotatable bonds is 9. The Labute approximate surface area is 247 Å². The lowest BCUT2D eigenvalue weighted by Crippen LogP contribution is -2.50. The van der Waals surface area contributed by atoms with Gasteiger partial charge in [-0.3, -0.25) is 19.2 Å². The molecule has 2 saturated heterocycles. The Morgan fingerprint density at radius 3 is 2.24 bits per heavy atom. The fourth-order valence-corrected chi connectivity index (χ4v) is 6.38. The molecule has 2 aromatic carbocycles. The summed E-state index contributed by atoms with van der Waals surface area (Å²) in [5.41, 5.74) is 2.78. The van der Waals surface area contributed by atoms with Crippen LogP contribution in [0.5, 0.6) is 5.75 Å². The van der Waals surface area contributed by atoms with E-state index < -0.39 is 18.0 Å². The molecule has 2 fully saturated rings. The number of nitrogens with zero attached hydrogens (tertiary/aromatic N) is 3. The van der Waals surface area contributed by atoms with Crippen LogP contribution < -0.4 is 9.64 Å². The zero-order valence-corrected chi connectivity index (χ0v) is 24.4. The summed E-state index contributed by atoms with van der Waals surface area (Å²) in [5, 5.41) is 9.27. The third kappa shape index (κ3) is 6.61. The molecule has 1 unspecified atom stereocenters. The summed E-state index contributed by atoms with van der Waals surface area (Å²) in [4.78, 5) is 56.2. The van der Waals surface area contributed by atoms with Crippen molar-refractivity contribution < 1.29 is 29.0 Å². The van der Waals surface area contributed by atoms with E-state index in [0.29, 0.717) is 63.2 Å². The van der Waals surface area contributed by atoms with E-state index in [4.69, 9.17) is 4.74 Å². The van der Waals surface area contributed by atoms with Crippen LogP contribution in [0.1, 0.15) is 74.2 Å². The number of piperidine rings is 2. The average Bonchev–Trinajstić information content (AvgIpc) is 3.03. The number of aliphatic carboxylic acids is 1. The molecule has 2 aromatic rings. The van der Waals surface area contributed by atoms with Crippen molar-refractivity contribution in [1.82, 2.24) is 9.80 Å². The summed E-state index contributed by atoms with van der Waals surface area (Å²) in [5.74, 6) is -0.668. The van der Waals surface area contributed by atoms with Crippen LogP contribution in [0, 0.1) is 5.92 Å². The molecule has 3 heterocycles. The van der Waals surface area contributed by atoms with Crippen molar-refractivity contribution >= 4 is 29.4 Å². The smallest absolute Gasteiger partial charge is 0.306 e. The molecule has 0 radical (unpaired) electrons. The second-order valence-electron chi connectivity index (χ2n) is 11.6. The number of unbranched alkanes of at least 4 members (excludes halogenated alkanes) is 1. The summed E-state index contributed by atoms with van der Waals surface area (Å²) in [6.07, 6.45) is 5.38. The number of fused-ring (bicyclic) bond motifs is 1. The van der Waals surface area contributed by atoms with E-state index >= 15 is 0 Å². The van der Waals surface area contributed by atoms with Gasteiger partial charge in [-0.05, 0) is 80.8 Å². The number of para-hydroxylation sites is 1. The zero-order valence-electron chi connectivity index (χ0n) is 24.4. The number of amides is 3. The molecule has 1 atom stereocenters. The average molecular weight is 576 g/mol. The molecule has 0 bridgehead atoms. The van der Waals surface area contributed by atoms with Crippen LogP contribution in [-0.2, 0) is 20.8 Å². The third-order valence-electron chi connectivity index (χ3n) is 8.88. The maximum Gasteiger partial charge on any atom is 0.306 e. The third-order valence-corrected chi connectivity index (χ3v) is 8.88. The number of benzene rings is 2. The first-order chi connectivity index (χ1) is 20.4. The molecular weight excluding hydrogens is 534 g/mol. The second kappa shape index (κ2) is 13.4. The first kappa shape index (κ1) is 29.6. The minimum Gasteiger partial charge on any atom is -0.481 e. The number of aryl methyl sites for hydroxylation is 1. The topological polar surface area (TPSA) is 107 Å². The predicted octanol–water partition coefficient (Wildman–Crippen LogP) is 4.53. The van der Waals surface area contributed by atoms with Gasteiger partial charge in [-0.2, -0.15) is 0 Å². The standard InChI is InChI=1S/C33H41N3O6/c1-2-3-8-29(32(39)35-19-15-25(16-20-35)33(40)41)42-27-12-9-24(10-13-27)31(38)34-21-17-26(18-22-34)36-28-7-5-4-6-23(28)11-14-30(36)37/h4-7,9-10,12-13,25-26,29H,2-3,8,11,14-22H2,1H3,(H,40,41). The van der Waals surface area contributed by atoms with Crippen LogP contribution in [0.3, 0.4) is 0 Å². The minimum absolute atomic E-state index is 0.0507. The van der Waals surface area contributed by atoms with E-state index in [2.05, 4.69) is 13.0 Å². The Morgan fingerprint density at radius 2 is 1.57 bits per heavy atom. The van der Waals surface area contributed by atoms with Crippen molar-refractivity contribution in [2.75, 3.05) is 31.1 Å². The van der Waals surface area contributed by atoms with E-state index in [0.717, 1.165) is 37.8 Å². The van der Waals surface area contributed by atoms with Gasteiger partial charge in [0.25, 0.3) is 11.8 Å². The number of carbonyl (C=O) groups is 4. The number of likely N-dealkylation sites (tertiary alicyclic amines) is 2. The lowest BCUT2D eigenvalue weighted by molar-refractivity contribution is -0.148. The van der Waals surface area contributed by atoms with Gasteiger partial charge in [0.15, 0.2) is 6.10 Å². The zero-order chi connectivity index (χ0) is 29.6. The molecule has 9 nitrogen and oxygen atoms in total. The molecule has 3 aliphatic heterocycles. The minimum atomic E-state index is -0.803. The summed E-state index contributed by atoms with van der Waals surface area (Å²) in [6.45, 7) is 4.07. The highest BCUT2D eigenvalue weighted by atomic mass is 16.5. The van der Waals surface area contributed by atoms with Crippen molar-refractivity contribution in [2.45, 2.75) is 76.9 Å². The predicted molar refractivity (Wildman–Crippen MR) is 158 cm³/mol. The first-order valence-electron chi connectivity index (χ1n) is 15.3. The number of hydrogen-bond acceptors (Lipinski definition) is 5. The highest BCUT2D eigenvalue weighted by molar-refractivity contribution is 5.97. The number of carboxylic acid groups (broad SMARTS) is 1. The molecule has 0 saturated carbocycles. The highest BCUT2D eigenvalue weighted by Gasteiger charge is 2.34. The quantitative estimate of drug-likeness (QED) is 0.471. The molecule has 9 heteroatoms. The van der Waals surface area contributed by atoms with Crippen LogP contribution in [0.25, 0.3) is 0 Å². The number of anilines is 1. The fourth-order valence-electron chi connectivity index (χ4n) is 6.38. The summed E-state index contributed by atoms with van der Waals surface area (Å²) in [6, 6.07) is 15.2. The Kier molecular flexibility index (Phi) is 9.45. The maximum atomic E-state index is 13.3. The van der Waals surface area contributed by atoms with Crippen LogP contribution in [0.15, 0.2) is 48.5 Å². The SMILES string of the molecule is CCCCC(Oc1ccc(C(=O)N2CCC(N3C(=O)CCc4ccccc43)CC2)cc1)C(=O)N1CCC(C(=O)O)CC1. The molecule has 224 valence electrons. The lowest BCUT2D eigenvalue weighted by atomic mass is 9.95. The molecule has 0 spiro atoms. The van der Waals surface area contributed by atoms with Gasteiger partial charge in [-0.15, -0.1) is 0 Å². The van der Waals surface area contributed by atoms with E-state index in [1.165, 1.54) is 5.56 Å². The van der Waals surface area contributed by atoms with E-state index in [-0.39, 0.29) is 23.8 Å². The summed E-state index contributed by atoms with van der Waals surface area (Å²) in [7, 11) is 0. The molecule has 3 aliphatic rings. The lowest BCUT2D eigenvalue weighted by Gasteiger charge is -2.41. The Bertz CT molecular complexity index is 1280. The molecule has 42 heavy (non-hydrogen) atoms. The maximum absolute atomic E-state index is 13.3. The molecule has 0 aromatic heterocycles. The number of hydrogen-bond donors (Lipinski definition) is 1. The largest absolute Gasteiger partial charge is 0.481 e. The summed E-state index contributed by atoms with van der Waals surface area (Å²) >= 11 is 0. The molecule has 0 aliphatic carbocycles. The van der Waals surface area contributed by atoms with E-state index in [1.54, 1.807) is 29.2 Å². The van der Waals surface area contributed by atoms with Gasteiger partial charge in [0, 0.05) is 49.9 Å². The normalized spacial score (nSPS) is 18.9. The van der Waals surface area contributed by atoms with Crippen LogP contribution in [0.4, 0.5) is 5.69 Å². The van der Waals surface area contributed by atoms with Gasteiger partial charge in [0.1, 0.15) is 5.75 Å². The number of carbonyl (C=O) groups excluding carboxylic acids is 3. The molecular formula is C33H41N3O6. The van der Waals surface area contributed by atoms with E-state index in [9.17, 15) is 24.3 Å². The van der Waals surface area contributed by atoms with E-state index in [1.807, 2.05) is 28.0 Å². The highest BCUT2D eigenvalue weighted by Crippen LogP contribution is 2.32. The van der Waals surface area contributed by atoms with Gasteiger partial charge in [0.2, 0.25) is 5.91 Å². The van der Waals surface area contributed by atoms with Gasteiger partial charge < -0.3 is 24.5 Å². The monoisotopic (exact) mass is 575 g/mol. The number of ether oxygens (including phenoxy) is 1. The Morgan fingerprint density at radius 1 is 0.905 bits per heavy atom. The molecule has 5 rings (SSSR count). The van der Waals surface area contributed by atoms with Crippen LogP contribution in [-0.4, -0.2) is 76.9 Å². The second-order valence-corrected chi connectivity index (χ2v) is 11.6.